The smallest absolute Gasteiger partial charge is 0.251 e. The second kappa shape index (κ2) is 11.6. The SMILES string of the molecule is CCN(CC)S(=O)(=O)c1ccc(=O)n(CC(=O)NCC(c2ccc(OC)cc2)N2CCCC2)c1. The summed E-state index contributed by atoms with van der Waals surface area (Å²) >= 11 is 0. The first-order chi connectivity index (χ1) is 16.3. The Morgan fingerprint density at radius 1 is 1.09 bits per heavy atom. The predicted molar refractivity (Wildman–Crippen MR) is 130 cm³/mol. The lowest BCUT2D eigenvalue weighted by Crippen LogP contribution is -2.39. The van der Waals surface area contributed by atoms with Crippen LogP contribution in [0.1, 0.15) is 38.3 Å². The van der Waals surface area contributed by atoms with Crippen molar-refractivity contribution < 1.29 is 17.9 Å². The molecular formula is C24H34N4O5S. The molecule has 1 N–H and O–H groups in total. The van der Waals surface area contributed by atoms with Gasteiger partial charge in [-0.05, 0) is 49.7 Å². The number of aromatic nitrogens is 1. The van der Waals surface area contributed by atoms with Crippen molar-refractivity contribution in [2.24, 2.45) is 0 Å². The summed E-state index contributed by atoms with van der Waals surface area (Å²) in [5.41, 5.74) is 0.646. The van der Waals surface area contributed by atoms with Gasteiger partial charge in [0.2, 0.25) is 15.9 Å². The molecule has 1 aromatic heterocycles. The van der Waals surface area contributed by atoms with Crippen LogP contribution in [0.25, 0.3) is 0 Å². The number of likely N-dealkylation sites (tertiary alicyclic amines) is 1. The quantitative estimate of drug-likeness (QED) is 0.516. The number of benzene rings is 1. The van der Waals surface area contributed by atoms with Crippen LogP contribution >= 0.6 is 0 Å². The van der Waals surface area contributed by atoms with Gasteiger partial charge in [-0.3, -0.25) is 14.5 Å². The van der Waals surface area contributed by atoms with E-state index in [9.17, 15) is 18.0 Å². The predicted octanol–water partition coefficient (Wildman–Crippen LogP) is 1.84. The van der Waals surface area contributed by atoms with Crippen molar-refractivity contribution in [2.75, 3.05) is 39.8 Å². The van der Waals surface area contributed by atoms with E-state index in [2.05, 4.69) is 10.2 Å². The second-order valence-corrected chi connectivity index (χ2v) is 10.2. The molecule has 34 heavy (non-hydrogen) atoms. The number of carbonyl (C=O) groups is 1. The number of nitrogens with zero attached hydrogens (tertiary/aromatic N) is 3. The highest BCUT2D eigenvalue weighted by molar-refractivity contribution is 7.89. The summed E-state index contributed by atoms with van der Waals surface area (Å²) < 4.78 is 33.3. The molecule has 0 radical (unpaired) electrons. The van der Waals surface area contributed by atoms with Crippen LogP contribution in [-0.2, 0) is 21.4 Å². The standard InChI is InChI=1S/C24H34N4O5S/c1-4-28(5-2)34(31,32)21-12-13-24(30)27(17-21)18-23(29)25-16-22(26-14-6-7-15-26)19-8-10-20(33-3)11-9-19/h8-13,17,22H,4-7,14-16,18H2,1-3H3,(H,25,29). The number of amides is 1. The molecule has 2 aromatic rings. The molecule has 0 aliphatic carbocycles. The Hall–Kier alpha value is -2.69. The number of ether oxygens (including phenoxy) is 1. The lowest BCUT2D eigenvalue weighted by Gasteiger charge is -2.28. The molecule has 1 aliphatic rings. The Balaban J connectivity index is 1.73. The molecule has 3 rings (SSSR count). The van der Waals surface area contributed by atoms with E-state index in [1.807, 2.05) is 24.3 Å². The summed E-state index contributed by atoms with van der Waals surface area (Å²) in [5, 5.41) is 2.93. The van der Waals surface area contributed by atoms with Gasteiger partial charge in [-0.25, -0.2) is 8.42 Å². The van der Waals surface area contributed by atoms with Gasteiger partial charge in [0.15, 0.2) is 0 Å². The normalized spacial score (nSPS) is 15.4. The maximum atomic E-state index is 12.8. The Kier molecular flexibility index (Phi) is 8.87. The highest BCUT2D eigenvalue weighted by atomic mass is 32.2. The molecule has 186 valence electrons. The van der Waals surface area contributed by atoms with Gasteiger partial charge >= 0.3 is 0 Å². The van der Waals surface area contributed by atoms with Crippen LogP contribution in [0, 0.1) is 0 Å². The zero-order valence-corrected chi connectivity index (χ0v) is 20.9. The van der Waals surface area contributed by atoms with Crippen molar-refractivity contribution in [2.45, 2.75) is 44.2 Å². The van der Waals surface area contributed by atoms with Crippen molar-refractivity contribution in [1.29, 1.82) is 0 Å². The number of rotatable bonds is 11. The maximum absolute atomic E-state index is 12.8. The van der Waals surface area contributed by atoms with Crippen molar-refractivity contribution in [3.8, 4) is 5.75 Å². The van der Waals surface area contributed by atoms with E-state index in [4.69, 9.17) is 4.74 Å². The zero-order chi connectivity index (χ0) is 24.7. The monoisotopic (exact) mass is 490 g/mol. The molecule has 1 fully saturated rings. The van der Waals surface area contributed by atoms with E-state index in [0.29, 0.717) is 19.6 Å². The van der Waals surface area contributed by atoms with Gasteiger partial charge < -0.3 is 14.6 Å². The van der Waals surface area contributed by atoms with Crippen LogP contribution in [0.4, 0.5) is 0 Å². The minimum absolute atomic E-state index is 0.00299. The average Bonchev–Trinajstić information content (AvgIpc) is 3.36. The van der Waals surface area contributed by atoms with Gasteiger partial charge in [0.25, 0.3) is 5.56 Å². The van der Waals surface area contributed by atoms with Crippen LogP contribution in [0.15, 0.2) is 52.3 Å². The molecule has 2 heterocycles. The minimum atomic E-state index is -3.73. The Morgan fingerprint density at radius 2 is 1.74 bits per heavy atom. The largest absolute Gasteiger partial charge is 0.497 e. The molecule has 1 aromatic carbocycles. The topological polar surface area (TPSA) is 101 Å². The van der Waals surface area contributed by atoms with Crippen LogP contribution in [0.5, 0.6) is 5.75 Å². The number of pyridine rings is 1. The fourth-order valence-corrected chi connectivity index (χ4v) is 5.73. The number of nitrogens with one attached hydrogen (secondary N) is 1. The fraction of sp³-hybridized carbons (Fsp3) is 0.500. The average molecular weight is 491 g/mol. The zero-order valence-electron chi connectivity index (χ0n) is 20.1. The van der Waals surface area contributed by atoms with Crippen LogP contribution in [-0.4, -0.2) is 67.9 Å². The van der Waals surface area contributed by atoms with E-state index < -0.39 is 15.6 Å². The summed E-state index contributed by atoms with van der Waals surface area (Å²) in [5.74, 6) is 0.420. The van der Waals surface area contributed by atoms with Gasteiger partial charge in [-0.15, -0.1) is 0 Å². The van der Waals surface area contributed by atoms with Crippen LogP contribution in [0.2, 0.25) is 0 Å². The van der Waals surface area contributed by atoms with Crippen molar-refractivity contribution in [1.82, 2.24) is 19.1 Å². The first kappa shape index (κ1) is 25.9. The number of methoxy groups -OCH3 is 1. The molecular weight excluding hydrogens is 456 g/mol. The van der Waals surface area contributed by atoms with Crippen molar-refractivity contribution in [3.63, 3.8) is 0 Å². The van der Waals surface area contributed by atoms with E-state index in [0.717, 1.165) is 41.8 Å². The molecule has 10 heteroatoms. The molecule has 0 spiro atoms. The number of carbonyl (C=O) groups excluding carboxylic acids is 1. The van der Waals surface area contributed by atoms with E-state index in [1.54, 1.807) is 21.0 Å². The lowest BCUT2D eigenvalue weighted by atomic mass is 10.1. The molecule has 0 saturated carbocycles. The van der Waals surface area contributed by atoms with Gasteiger partial charge in [-0.1, -0.05) is 26.0 Å². The summed E-state index contributed by atoms with van der Waals surface area (Å²) in [6.45, 7) is 6.19. The van der Waals surface area contributed by atoms with Gasteiger partial charge in [0.05, 0.1) is 18.0 Å². The molecule has 9 nitrogen and oxygen atoms in total. The Morgan fingerprint density at radius 3 is 2.32 bits per heavy atom. The first-order valence-corrected chi connectivity index (χ1v) is 13.1. The maximum Gasteiger partial charge on any atom is 0.251 e. The minimum Gasteiger partial charge on any atom is -0.497 e. The number of hydrogen-bond donors (Lipinski definition) is 1. The van der Waals surface area contributed by atoms with Gasteiger partial charge in [-0.2, -0.15) is 4.31 Å². The highest BCUT2D eigenvalue weighted by Crippen LogP contribution is 2.26. The van der Waals surface area contributed by atoms with Crippen LogP contribution in [0.3, 0.4) is 0 Å². The van der Waals surface area contributed by atoms with E-state index in [-0.39, 0.29) is 23.4 Å². The third-order valence-corrected chi connectivity index (χ3v) is 8.22. The van der Waals surface area contributed by atoms with Gasteiger partial charge in [0, 0.05) is 31.9 Å². The summed E-state index contributed by atoms with van der Waals surface area (Å²) in [6, 6.07) is 10.3. The molecule has 1 aliphatic heterocycles. The number of hydrogen-bond acceptors (Lipinski definition) is 6. The highest BCUT2D eigenvalue weighted by Gasteiger charge is 2.25. The Labute approximate surface area is 201 Å². The molecule has 1 amide bonds. The third-order valence-electron chi connectivity index (χ3n) is 6.19. The molecule has 1 saturated heterocycles. The van der Waals surface area contributed by atoms with Crippen LogP contribution < -0.4 is 15.6 Å². The lowest BCUT2D eigenvalue weighted by molar-refractivity contribution is -0.122. The number of sulfonamides is 1. The summed E-state index contributed by atoms with van der Waals surface area (Å²) in [4.78, 5) is 27.4. The molecule has 1 unspecified atom stereocenters. The molecule has 0 bridgehead atoms. The summed E-state index contributed by atoms with van der Waals surface area (Å²) in [7, 11) is -2.11. The molecule has 1 atom stereocenters. The van der Waals surface area contributed by atoms with Gasteiger partial charge in [0.1, 0.15) is 12.3 Å². The van der Waals surface area contributed by atoms with E-state index in [1.165, 1.54) is 22.6 Å². The van der Waals surface area contributed by atoms with E-state index >= 15 is 0 Å². The fourth-order valence-electron chi connectivity index (χ4n) is 4.26. The van der Waals surface area contributed by atoms with Crippen molar-refractivity contribution >= 4 is 15.9 Å². The second-order valence-electron chi connectivity index (χ2n) is 8.26. The van der Waals surface area contributed by atoms with Crippen molar-refractivity contribution in [3.05, 3.63) is 58.5 Å². The summed E-state index contributed by atoms with van der Waals surface area (Å²) in [6.07, 6.45) is 3.48. The Bertz CT molecular complexity index is 1120. The first-order valence-electron chi connectivity index (χ1n) is 11.7. The third kappa shape index (κ3) is 6.05.